The van der Waals surface area contributed by atoms with Gasteiger partial charge in [0.1, 0.15) is 11.5 Å². The maximum absolute atomic E-state index is 5.98. The highest BCUT2D eigenvalue weighted by molar-refractivity contribution is 5.08. The molecule has 3 rings (SSSR count). The van der Waals surface area contributed by atoms with Crippen molar-refractivity contribution < 1.29 is 4.42 Å². The normalized spacial score (nSPS) is 27.1. The van der Waals surface area contributed by atoms with Crippen LogP contribution >= 0.6 is 0 Å². The number of hydrogen-bond donors (Lipinski definition) is 1. The number of hydrogen-bond acceptors (Lipinski definition) is 3. The van der Waals surface area contributed by atoms with Crippen molar-refractivity contribution in [3.63, 3.8) is 0 Å². The molecule has 2 fully saturated rings. The zero-order valence-electron chi connectivity index (χ0n) is 12.9. The molecule has 0 bridgehead atoms. The monoisotopic (exact) mass is 276 g/mol. The molecule has 0 amide bonds. The van der Waals surface area contributed by atoms with Crippen LogP contribution in [-0.4, -0.2) is 23.5 Å². The molecule has 2 aliphatic rings. The number of likely N-dealkylation sites (tertiary alicyclic amines) is 1. The van der Waals surface area contributed by atoms with Gasteiger partial charge in [-0.25, -0.2) is 0 Å². The summed E-state index contributed by atoms with van der Waals surface area (Å²) in [5.41, 5.74) is 0. The lowest BCUT2D eigenvalue weighted by atomic mass is 9.92. The van der Waals surface area contributed by atoms with E-state index in [1.165, 1.54) is 38.6 Å². The molecule has 1 aromatic heterocycles. The lowest BCUT2D eigenvalue weighted by Crippen LogP contribution is -2.41. The van der Waals surface area contributed by atoms with Gasteiger partial charge in [-0.15, -0.1) is 0 Å². The minimum absolute atomic E-state index is 0.505. The van der Waals surface area contributed by atoms with E-state index < -0.39 is 0 Å². The summed E-state index contributed by atoms with van der Waals surface area (Å²) in [6, 6.07) is 5.62. The largest absolute Gasteiger partial charge is 0.463 e. The summed E-state index contributed by atoms with van der Waals surface area (Å²) >= 11 is 0. The van der Waals surface area contributed by atoms with E-state index in [1.807, 2.05) is 0 Å². The molecule has 2 heterocycles. The zero-order valence-corrected chi connectivity index (χ0v) is 12.9. The molecule has 0 spiro atoms. The predicted molar refractivity (Wildman–Crippen MR) is 81.5 cm³/mol. The summed E-state index contributed by atoms with van der Waals surface area (Å²) in [5, 5.41) is 3.41. The third-order valence-corrected chi connectivity index (χ3v) is 4.87. The molecule has 1 aromatic rings. The van der Waals surface area contributed by atoms with Crippen molar-refractivity contribution >= 4 is 0 Å². The van der Waals surface area contributed by atoms with Gasteiger partial charge >= 0.3 is 0 Å². The highest BCUT2D eigenvalue weighted by Gasteiger charge is 2.35. The zero-order chi connectivity index (χ0) is 13.9. The molecule has 1 aliphatic carbocycles. The first-order chi connectivity index (χ1) is 9.72. The van der Waals surface area contributed by atoms with Gasteiger partial charge in [-0.2, -0.15) is 0 Å². The fourth-order valence-corrected chi connectivity index (χ4v) is 3.86. The molecule has 3 nitrogen and oxygen atoms in total. The Balaban J connectivity index is 1.57. The lowest BCUT2D eigenvalue weighted by molar-refractivity contribution is 0.0974. The van der Waals surface area contributed by atoms with Gasteiger partial charge in [0.2, 0.25) is 0 Å². The second-order valence-corrected chi connectivity index (χ2v) is 6.77. The predicted octanol–water partition coefficient (Wildman–Crippen LogP) is 3.54. The molecule has 1 N–H and O–H groups in total. The summed E-state index contributed by atoms with van der Waals surface area (Å²) in [7, 11) is 0. The third-order valence-electron chi connectivity index (χ3n) is 4.87. The molecule has 1 saturated carbocycles. The first-order valence-electron chi connectivity index (χ1n) is 8.27. The lowest BCUT2D eigenvalue weighted by Gasteiger charge is -2.37. The fourth-order valence-electron chi connectivity index (χ4n) is 3.86. The maximum atomic E-state index is 5.98. The Labute approximate surface area is 122 Å². The molecule has 2 atom stereocenters. The highest BCUT2D eigenvalue weighted by Crippen LogP contribution is 2.37. The Bertz CT molecular complexity index is 426. The molecule has 20 heavy (non-hydrogen) atoms. The Kier molecular flexibility index (Phi) is 4.47. The van der Waals surface area contributed by atoms with Gasteiger partial charge in [-0.05, 0) is 50.3 Å². The van der Waals surface area contributed by atoms with Crippen LogP contribution < -0.4 is 5.32 Å². The second-order valence-electron chi connectivity index (χ2n) is 6.77. The molecule has 1 aliphatic heterocycles. The van der Waals surface area contributed by atoms with Crippen LogP contribution in [-0.2, 0) is 13.1 Å². The SMILES string of the molecule is CC(C)NCc1ccc(CN2CCCC3CCCC32)o1. The number of furan rings is 1. The van der Waals surface area contributed by atoms with Crippen LogP contribution in [0.4, 0.5) is 0 Å². The maximum Gasteiger partial charge on any atom is 0.118 e. The minimum Gasteiger partial charge on any atom is -0.463 e. The summed E-state index contributed by atoms with van der Waals surface area (Å²) in [6.07, 6.45) is 7.08. The van der Waals surface area contributed by atoms with Crippen LogP contribution in [0.3, 0.4) is 0 Å². The van der Waals surface area contributed by atoms with E-state index in [4.69, 9.17) is 4.42 Å². The van der Waals surface area contributed by atoms with Crippen molar-refractivity contribution in [2.24, 2.45) is 5.92 Å². The van der Waals surface area contributed by atoms with E-state index in [-0.39, 0.29) is 0 Å². The topological polar surface area (TPSA) is 28.4 Å². The Morgan fingerprint density at radius 2 is 2.00 bits per heavy atom. The van der Waals surface area contributed by atoms with Gasteiger partial charge in [0.05, 0.1) is 13.1 Å². The first kappa shape index (κ1) is 14.2. The number of rotatable bonds is 5. The Morgan fingerprint density at radius 3 is 2.85 bits per heavy atom. The van der Waals surface area contributed by atoms with Gasteiger partial charge in [0.15, 0.2) is 0 Å². The van der Waals surface area contributed by atoms with Crippen molar-refractivity contribution in [2.75, 3.05) is 6.54 Å². The molecule has 3 heteroatoms. The molecule has 1 saturated heterocycles. The van der Waals surface area contributed by atoms with Crippen molar-refractivity contribution in [2.45, 2.75) is 71.1 Å². The molecule has 0 radical (unpaired) electrons. The fraction of sp³-hybridized carbons (Fsp3) is 0.765. The van der Waals surface area contributed by atoms with Crippen LogP contribution in [0.15, 0.2) is 16.5 Å². The van der Waals surface area contributed by atoms with E-state index in [1.54, 1.807) is 0 Å². The van der Waals surface area contributed by atoms with Gasteiger partial charge in [0.25, 0.3) is 0 Å². The number of fused-ring (bicyclic) bond motifs is 1. The summed E-state index contributed by atoms with van der Waals surface area (Å²) in [4.78, 5) is 2.67. The van der Waals surface area contributed by atoms with Crippen LogP contribution in [0.5, 0.6) is 0 Å². The van der Waals surface area contributed by atoms with E-state index in [0.717, 1.165) is 36.6 Å². The van der Waals surface area contributed by atoms with Crippen LogP contribution in [0.1, 0.15) is 57.5 Å². The van der Waals surface area contributed by atoms with E-state index >= 15 is 0 Å². The standard InChI is InChI=1S/C17H28N2O/c1-13(2)18-11-15-8-9-16(20-15)12-19-10-4-6-14-5-3-7-17(14)19/h8-9,13-14,17-18H,3-7,10-12H2,1-2H3. The van der Waals surface area contributed by atoms with Crippen LogP contribution in [0.2, 0.25) is 0 Å². The van der Waals surface area contributed by atoms with Crippen molar-refractivity contribution in [1.82, 2.24) is 10.2 Å². The van der Waals surface area contributed by atoms with Crippen LogP contribution in [0, 0.1) is 5.92 Å². The third kappa shape index (κ3) is 3.26. The van der Waals surface area contributed by atoms with Crippen LogP contribution in [0.25, 0.3) is 0 Å². The highest BCUT2D eigenvalue weighted by atomic mass is 16.3. The van der Waals surface area contributed by atoms with Gasteiger partial charge in [-0.1, -0.05) is 20.3 Å². The number of nitrogens with one attached hydrogen (secondary N) is 1. The van der Waals surface area contributed by atoms with Gasteiger partial charge in [0, 0.05) is 12.1 Å². The quantitative estimate of drug-likeness (QED) is 0.891. The first-order valence-corrected chi connectivity index (χ1v) is 8.27. The Morgan fingerprint density at radius 1 is 1.20 bits per heavy atom. The number of nitrogens with zero attached hydrogens (tertiary/aromatic N) is 1. The molecule has 2 unspecified atom stereocenters. The van der Waals surface area contributed by atoms with Gasteiger partial charge in [-0.3, -0.25) is 4.90 Å². The smallest absolute Gasteiger partial charge is 0.118 e. The molecular weight excluding hydrogens is 248 g/mol. The summed E-state index contributed by atoms with van der Waals surface area (Å²) in [6.45, 7) is 7.42. The average molecular weight is 276 g/mol. The van der Waals surface area contributed by atoms with Crippen molar-refractivity contribution in [3.8, 4) is 0 Å². The summed E-state index contributed by atoms with van der Waals surface area (Å²) < 4.78 is 5.98. The molecule has 112 valence electrons. The van der Waals surface area contributed by atoms with Gasteiger partial charge < -0.3 is 9.73 Å². The Hall–Kier alpha value is -0.800. The summed E-state index contributed by atoms with van der Waals surface area (Å²) in [5.74, 6) is 3.16. The molecular formula is C17H28N2O. The average Bonchev–Trinajstić information content (AvgIpc) is 3.05. The number of piperidine rings is 1. The second kappa shape index (κ2) is 6.31. The van der Waals surface area contributed by atoms with E-state index in [9.17, 15) is 0 Å². The molecule has 0 aromatic carbocycles. The van der Waals surface area contributed by atoms with E-state index in [2.05, 4.69) is 36.2 Å². The van der Waals surface area contributed by atoms with Crippen molar-refractivity contribution in [3.05, 3.63) is 23.7 Å². The van der Waals surface area contributed by atoms with Crippen molar-refractivity contribution in [1.29, 1.82) is 0 Å². The minimum atomic E-state index is 0.505. The van der Waals surface area contributed by atoms with E-state index in [0.29, 0.717) is 6.04 Å².